The average Bonchev–Trinajstić information content (AvgIpc) is 2.17. The fourth-order valence-corrected chi connectivity index (χ4v) is 1.66. The Hall–Kier alpha value is -0.960. The van der Waals surface area contributed by atoms with Gasteiger partial charge in [-0.3, -0.25) is 9.97 Å². The van der Waals surface area contributed by atoms with E-state index in [0.717, 1.165) is 25.1 Å². The first-order valence-electron chi connectivity index (χ1n) is 4.45. The van der Waals surface area contributed by atoms with Crippen molar-refractivity contribution in [3.63, 3.8) is 0 Å². The lowest BCUT2D eigenvalue weighted by Gasteiger charge is -2.23. The molecule has 3 nitrogen and oxygen atoms in total. The number of nitrogens with zero attached hydrogens (tertiary/aromatic N) is 2. The molecular weight excluding hydrogens is 150 g/mol. The predicted octanol–water partition coefficient (Wildman–Crippen LogP) is 1.07. The minimum Gasteiger partial charge on any atom is -0.308 e. The van der Waals surface area contributed by atoms with Gasteiger partial charge in [0.1, 0.15) is 0 Å². The van der Waals surface area contributed by atoms with E-state index in [0.29, 0.717) is 6.04 Å². The van der Waals surface area contributed by atoms with Crippen LogP contribution in [0.4, 0.5) is 0 Å². The lowest BCUT2D eigenvalue weighted by Crippen LogP contribution is -2.30. The van der Waals surface area contributed by atoms with Crippen LogP contribution in [0.25, 0.3) is 0 Å². The first-order valence-corrected chi connectivity index (χ1v) is 4.45. The molecule has 0 bridgehead atoms. The Balaban J connectivity index is 2.37. The van der Waals surface area contributed by atoms with Crippen molar-refractivity contribution in [3.05, 3.63) is 23.8 Å². The zero-order valence-corrected chi connectivity index (χ0v) is 7.25. The van der Waals surface area contributed by atoms with Gasteiger partial charge < -0.3 is 5.32 Å². The zero-order valence-electron chi connectivity index (χ0n) is 7.25. The normalized spacial score (nSPS) is 21.9. The molecule has 1 N–H and O–H groups in total. The summed E-state index contributed by atoms with van der Waals surface area (Å²) >= 11 is 0. The summed E-state index contributed by atoms with van der Waals surface area (Å²) < 4.78 is 0. The smallest absolute Gasteiger partial charge is 0.0788 e. The van der Waals surface area contributed by atoms with Crippen molar-refractivity contribution in [1.82, 2.24) is 15.3 Å². The second-order valence-electron chi connectivity index (χ2n) is 3.05. The van der Waals surface area contributed by atoms with Gasteiger partial charge in [0.25, 0.3) is 0 Å². The molecule has 0 aliphatic carbocycles. The van der Waals surface area contributed by atoms with Crippen molar-refractivity contribution < 1.29 is 0 Å². The van der Waals surface area contributed by atoms with E-state index >= 15 is 0 Å². The van der Waals surface area contributed by atoms with Crippen LogP contribution in [0, 0.1) is 0 Å². The lowest BCUT2D eigenvalue weighted by molar-refractivity contribution is 0.472. The van der Waals surface area contributed by atoms with Gasteiger partial charge in [-0.15, -0.1) is 0 Å². The van der Waals surface area contributed by atoms with Crippen LogP contribution in [0.3, 0.4) is 0 Å². The predicted molar refractivity (Wildman–Crippen MR) is 46.8 cm³/mol. The highest BCUT2D eigenvalue weighted by molar-refractivity contribution is 5.18. The Kier molecular flexibility index (Phi) is 2.04. The van der Waals surface area contributed by atoms with Crippen LogP contribution in [0.1, 0.15) is 30.8 Å². The summed E-state index contributed by atoms with van der Waals surface area (Å²) in [5, 5.41) is 3.42. The number of fused-ring (bicyclic) bond motifs is 1. The second-order valence-corrected chi connectivity index (χ2v) is 3.05. The van der Waals surface area contributed by atoms with Crippen molar-refractivity contribution in [2.45, 2.75) is 25.8 Å². The monoisotopic (exact) mass is 163 g/mol. The standard InChI is InChI=1S/C9H13N3/c1-2-7-9-8(3-4-10-7)11-5-6-12-9/h5-7,10H,2-4H2,1H3/t7-/m1/s1. The number of aromatic nitrogens is 2. The summed E-state index contributed by atoms with van der Waals surface area (Å²) in [6.07, 6.45) is 5.65. The third kappa shape index (κ3) is 1.20. The van der Waals surface area contributed by atoms with Gasteiger partial charge in [0.15, 0.2) is 0 Å². The molecule has 0 aromatic carbocycles. The van der Waals surface area contributed by atoms with Gasteiger partial charge in [0.2, 0.25) is 0 Å². The van der Waals surface area contributed by atoms with E-state index in [9.17, 15) is 0 Å². The molecule has 1 aliphatic heterocycles. The van der Waals surface area contributed by atoms with Gasteiger partial charge in [-0.1, -0.05) is 6.92 Å². The van der Waals surface area contributed by atoms with Crippen LogP contribution in [-0.4, -0.2) is 16.5 Å². The molecule has 0 saturated carbocycles. The van der Waals surface area contributed by atoms with E-state index in [1.807, 2.05) is 0 Å². The van der Waals surface area contributed by atoms with Crippen LogP contribution in [0.2, 0.25) is 0 Å². The fourth-order valence-electron chi connectivity index (χ4n) is 1.66. The molecule has 1 aromatic heterocycles. The van der Waals surface area contributed by atoms with E-state index < -0.39 is 0 Å². The second kappa shape index (κ2) is 3.19. The molecule has 0 saturated heterocycles. The number of hydrogen-bond acceptors (Lipinski definition) is 3. The Labute approximate surface area is 72.2 Å². The van der Waals surface area contributed by atoms with Crippen molar-refractivity contribution in [1.29, 1.82) is 0 Å². The molecule has 12 heavy (non-hydrogen) atoms. The third-order valence-electron chi connectivity index (χ3n) is 2.30. The van der Waals surface area contributed by atoms with Crippen molar-refractivity contribution >= 4 is 0 Å². The molecule has 1 aromatic rings. The molecular formula is C9H13N3. The van der Waals surface area contributed by atoms with Crippen LogP contribution in [-0.2, 0) is 6.42 Å². The minimum absolute atomic E-state index is 0.419. The summed E-state index contributed by atoms with van der Waals surface area (Å²) in [5.74, 6) is 0. The maximum Gasteiger partial charge on any atom is 0.0788 e. The number of nitrogens with one attached hydrogen (secondary N) is 1. The van der Waals surface area contributed by atoms with Crippen molar-refractivity contribution in [2.75, 3.05) is 6.54 Å². The van der Waals surface area contributed by atoms with Gasteiger partial charge in [-0.2, -0.15) is 0 Å². The molecule has 3 heteroatoms. The molecule has 0 spiro atoms. The van der Waals surface area contributed by atoms with Gasteiger partial charge in [0, 0.05) is 25.4 Å². The highest BCUT2D eigenvalue weighted by Crippen LogP contribution is 2.20. The lowest BCUT2D eigenvalue weighted by atomic mass is 10.0. The Morgan fingerprint density at radius 1 is 1.50 bits per heavy atom. The number of rotatable bonds is 1. The van der Waals surface area contributed by atoms with E-state index in [1.165, 1.54) is 5.69 Å². The average molecular weight is 163 g/mol. The van der Waals surface area contributed by atoms with Crippen LogP contribution < -0.4 is 5.32 Å². The maximum absolute atomic E-state index is 4.35. The summed E-state index contributed by atoms with van der Waals surface area (Å²) in [5.41, 5.74) is 2.31. The molecule has 2 heterocycles. The van der Waals surface area contributed by atoms with Gasteiger partial charge in [-0.05, 0) is 6.42 Å². The van der Waals surface area contributed by atoms with Crippen LogP contribution in [0.15, 0.2) is 12.4 Å². The molecule has 0 fully saturated rings. The minimum atomic E-state index is 0.419. The van der Waals surface area contributed by atoms with Crippen molar-refractivity contribution in [2.24, 2.45) is 0 Å². The van der Waals surface area contributed by atoms with Gasteiger partial charge in [0.05, 0.1) is 17.4 Å². The largest absolute Gasteiger partial charge is 0.308 e. The van der Waals surface area contributed by atoms with E-state index in [4.69, 9.17) is 0 Å². The Morgan fingerprint density at radius 2 is 2.33 bits per heavy atom. The van der Waals surface area contributed by atoms with E-state index in [1.54, 1.807) is 12.4 Å². The highest BCUT2D eigenvalue weighted by Gasteiger charge is 2.19. The molecule has 1 aliphatic rings. The molecule has 1 atom stereocenters. The molecule has 0 radical (unpaired) electrons. The summed E-state index contributed by atoms with van der Waals surface area (Å²) in [6.45, 7) is 3.20. The van der Waals surface area contributed by atoms with E-state index in [-0.39, 0.29) is 0 Å². The van der Waals surface area contributed by atoms with Gasteiger partial charge >= 0.3 is 0 Å². The van der Waals surface area contributed by atoms with Gasteiger partial charge in [-0.25, -0.2) is 0 Å². The van der Waals surface area contributed by atoms with Crippen LogP contribution >= 0.6 is 0 Å². The fraction of sp³-hybridized carbons (Fsp3) is 0.556. The Bertz CT molecular complexity index is 272. The van der Waals surface area contributed by atoms with E-state index in [2.05, 4.69) is 22.2 Å². The summed E-state index contributed by atoms with van der Waals surface area (Å²) in [4.78, 5) is 8.66. The third-order valence-corrected chi connectivity index (χ3v) is 2.30. The maximum atomic E-state index is 4.35. The van der Waals surface area contributed by atoms with Crippen LogP contribution in [0.5, 0.6) is 0 Å². The van der Waals surface area contributed by atoms with Crippen molar-refractivity contribution in [3.8, 4) is 0 Å². The quantitative estimate of drug-likeness (QED) is 0.673. The first-order chi connectivity index (χ1) is 5.92. The summed E-state index contributed by atoms with van der Waals surface area (Å²) in [7, 11) is 0. The molecule has 64 valence electrons. The zero-order chi connectivity index (χ0) is 8.39. The highest BCUT2D eigenvalue weighted by atomic mass is 15.0. The topological polar surface area (TPSA) is 37.8 Å². The molecule has 0 amide bonds. The SMILES string of the molecule is CC[C@H]1NCCc2nccnc21. The summed E-state index contributed by atoms with van der Waals surface area (Å²) in [6, 6.07) is 0.419. The Morgan fingerprint density at radius 3 is 3.17 bits per heavy atom. The number of hydrogen-bond donors (Lipinski definition) is 1. The molecule has 2 rings (SSSR count). The molecule has 0 unspecified atom stereocenters. The first kappa shape index (κ1) is 7.68.